The number of hydrogen-bond donors (Lipinski definition) is 0. The van der Waals surface area contributed by atoms with Crippen molar-refractivity contribution >= 4 is 25.1 Å². The average molecular weight is 599 g/mol. The van der Waals surface area contributed by atoms with Crippen LogP contribution in [0.15, 0.2) is 53.9 Å². The van der Waals surface area contributed by atoms with Gasteiger partial charge >= 0.3 is 5.97 Å². The summed E-state index contributed by atoms with van der Waals surface area (Å²) in [6, 6.07) is 11.9. The lowest BCUT2D eigenvalue weighted by Crippen LogP contribution is -2.45. The second-order valence-electron chi connectivity index (χ2n) is 13.7. The molecule has 0 aliphatic heterocycles. The van der Waals surface area contributed by atoms with E-state index in [0.717, 1.165) is 16.7 Å². The SMILES string of the molecule is C=CCC(C[C@H](OC(=O)c1c(C(C)C)cc(C(C)C)cc1C(C)C)[S@](=O)c1ccc(C)cc1)O[Si](C)(C)C(C)(C)C. The van der Waals surface area contributed by atoms with Gasteiger partial charge in [0.25, 0.3) is 0 Å². The molecule has 2 aromatic rings. The quantitative estimate of drug-likeness (QED) is 0.131. The van der Waals surface area contributed by atoms with Crippen LogP contribution in [-0.2, 0) is 20.0 Å². The summed E-state index contributed by atoms with van der Waals surface area (Å²) in [5, 5.41) is 0.00515. The van der Waals surface area contributed by atoms with E-state index in [0.29, 0.717) is 29.2 Å². The largest absolute Gasteiger partial charge is 0.445 e. The van der Waals surface area contributed by atoms with E-state index >= 15 is 0 Å². The third kappa shape index (κ3) is 9.23. The van der Waals surface area contributed by atoms with Crippen LogP contribution in [0, 0.1) is 6.92 Å². The molecule has 228 valence electrons. The van der Waals surface area contributed by atoms with Crippen LogP contribution in [-0.4, -0.2) is 30.0 Å². The van der Waals surface area contributed by atoms with Gasteiger partial charge in [-0.2, -0.15) is 0 Å². The third-order valence-corrected chi connectivity index (χ3v) is 14.3. The molecule has 0 bridgehead atoms. The number of rotatable bonds is 13. The van der Waals surface area contributed by atoms with E-state index < -0.39 is 30.5 Å². The van der Waals surface area contributed by atoms with E-state index in [4.69, 9.17) is 9.16 Å². The minimum Gasteiger partial charge on any atom is -0.445 e. The summed E-state index contributed by atoms with van der Waals surface area (Å²) >= 11 is 0. The molecule has 0 heterocycles. The van der Waals surface area contributed by atoms with Crippen molar-refractivity contribution in [3.05, 3.63) is 76.9 Å². The van der Waals surface area contributed by atoms with Crippen LogP contribution >= 0.6 is 0 Å². The first-order valence-electron chi connectivity index (χ1n) is 15.0. The number of carbonyl (C=O) groups is 1. The molecule has 2 aromatic carbocycles. The Balaban J connectivity index is 2.61. The standard InChI is InChI=1S/C35H54O4SSi/c1-14-15-28(39-41(12,13)35(9,10)11)22-32(40(37)29-18-16-26(8)17-19-29)38-34(36)33-30(24(4)5)20-27(23(2)3)21-31(33)25(6)7/h14,16-21,23-25,28,32H,1,15,22H2,2-13H3/t28?,32-,40-/m1/s1. The van der Waals surface area contributed by atoms with E-state index in [1.165, 1.54) is 5.56 Å². The first-order valence-corrected chi connectivity index (χ1v) is 19.2. The van der Waals surface area contributed by atoms with Crippen molar-refractivity contribution < 1.29 is 18.2 Å². The molecule has 3 atom stereocenters. The Bertz CT molecular complexity index is 1180. The van der Waals surface area contributed by atoms with Gasteiger partial charge in [-0.15, -0.1) is 6.58 Å². The predicted molar refractivity (Wildman–Crippen MR) is 177 cm³/mol. The number of benzene rings is 2. The van der Waals surface area contributed by atoms with Gasteiger partial charge in [-0.3, -0.25) is 4.21 Å². The molecule has 0 aliphatic carbocycles. The molecule has 0 fully saturated rings. The van der Waals surface area contributed by atoms with Gasteiger partial charge < -0.3 is 9.16 Å². The van der Waals surface area contributed by atoms with Gasteiger partial charge in [0.15, 0.2) is 13.8 Å². The van der Waals surface area contributed by atoms with Gasteiger partial charge in [0, 0.05) is 11.3 Å². The maximum Gasteiger partial charge on any atom is 0.339 e. The summed E-state index contributed by atoms with van der Waals surface area (Å²) in [5.41, 5.74) is 3.98. The van der Waals surface area contributed by atoms with Gasteiger partial charge in [0.05, 0.1) is 22.5 Å². The molecule has 0 amide bonds. The Morgan fingerprint density at radius 1 is 0.951 bits per heavy atom. The van der Waals surface area contributed by atoms with Crippen molar-refractivity contribution in [3.8, 4) is 0 Å². The molecule has 0 saturated carbocycles. The molecule has 2 rings (SSSR count). The lowest BCUT2D eigenvalue weighted by atomic mass is 9.84. The molecule has 41 heavy (non-hydrogen) atoms. The lowest BCUT2D eigenvalue weighted by molar-refractivity contribution is 0.0360. The average Bonchev–Trinajstić information content (AvgIpc) is 2.86. The zero-order chi connectivity index (χ0) is 31.3. The number of ether oxygens (including phenoxy) is 1. The number of aryl methyl sites for hydroxylation is 1. The highest BCUT2D eigenvalue weighted by Crippen LogP contribution is 2.39. The minimum absolute atomic E-state index is 0.00515. The molecule has 6 heteroatoms. The normalized spacial score (nSPS) is 14.8. The first-order chi connectivity index (χ1) is 18.9. The van der Waals surface area contributed by atoms with Crippen LogP contribution in [0.3, 0.4) is 0 Å². The fourth-order valence-corrected chi connectivity index (χ4v) is 7.21. The molecule has 0 radical (unpaired) electrons. The van der Waals surface area contributed by atoms with Crippen LogP contribution in [0.1, 0.15) is 126 Å². The molecule has 4 nitrogen and oxygen atoms in total. The number of carbonyl (C=O) groups excluding carboxylic acids is 1. The Morgan fingerprint density at radius 3 is 1.88 bits per heavy atom. The summed E-state index contributed by atoms with van der Waals surface area (Å²) < 4.78 is 27.1. The molecule has 0 aliphatic rings. The van der Waals surface area contributed by atoms with Crippen molar-refractivity contribution in [1.29, 1.82) is 0 Å². The molecule has 0 aromatic heterocycles. The van der Waals surface area contributed by atoms with E-state index in [1.54, 1.807) is 0 Å². The lowest BCUT2D eigenvalue weighted by Gasteiger charge is -2.39. The number of esters is 1. The fraction of sp³-hybridized carbons (Fsp3) is 0.571. The fourth-order valence-electron chi connectivity index (χ4n) is 4.56. The summed E-state index contributed by atoms with van der Waals surface area (Å²) in [7, 11) is -3.74. The third-order valence-electron chi connectivity index (χ3n) is 8.22. The predicted octanol–water partition coefficient (Wildman–Crippen LogP) is 10.0. The second kappa shape index (κ2) is 14.4. The van der Waals surface area contributed by atoms with E-state index in [2.05, 4.69) is 94.1 Å². The zero-order valence-electron chi connectivity index (χ0n) is 27.6. The van der Waals surface area contributed by atoms with Crippen LogP contribution in [0.4, 0.5) is 0 Å². The summed E-state index contributed by atoms with van der Waals surface area (Å²) in [5.74, 6) is 0.183. The summed E-state index contributed by atoms with van der Waals surface area (Å²) in [4.78, 5) is 14.8. The van der Waals surface area contributed by atoms with Crippen LogP contribution in [0.25, 0.3) is 0 Å². The highest BCUT2D eigenvalue weighted by molar-refractivity contribution is 7.85. The van der Waals surface area contributed by atoms with Gasteiger partial charge in [-0.25, -0.2) is 4.79 Å². The van der Waals surface area contributed by atoms with Gasteiger partial charge in [0.1, 0.15) is 0 Å². The molecule has 0 N–H and O–H groups in total. The van der Waals surface area contributed by atoms with Crippen molar-refractivity contribution in [2.24, 2.45) is 0 Å². The molecule has 0 spiro atoms. The monoisotopic (exact) mass is 598 g/mol. The molecule has 0 saturated heterocycles. The van der Waals surface area contributed by atoms with Gasteiger partial charge in [-0.1, -0.05) is 98.2 Å². The molecule has 1 unspecified atom stereocenters. The smallest absolute Gasteiger partial charge is 0.339 e. The maximum atomic E-state index is 14.2. The highest BCUT2D eigenvalue weighted by Gasteiger charge is 2.40. The number of hydrogen-bond acceptors (Lipinski definition) is 4. The van der Waals surface area contributed by atoms with Crippen molar-refractivity contribution in [2.45, 2.75) is 134 Å². The Labute approximate surface area is 253 Å². The second-order valence-corrected chi connectivity index (χ2v) is 20.1. The summed E-state index contributed by atoms with van der Waals surface area (Å²) in [6.07, 6.45) is 2.48. The first kappa shape index (κ1) is 35.2. The Kier molecular flexibility index (Phi) is 12.4. The maximum absolute atomic E-state index is 14.2. The van der Waals surface area contributed by atoms with Crippen LogP contribution < -0.4 is 0 Å². The van der Waals surface area contributed by atoms with E-state index in [9.17, 15) is 9.00 Å². The minimum atomic E-state index is -2.15. The molecular formula is C35H54O4SSi. The van der Waals surface area contributed by atoms with Crippen LogP contribution in [0.2, 0.25) is 18.1 Å². The topological polar surface area (TPSA) is 52.6 Å². The van der Waals surface area contributed by atoms with Crippen molar-refractivity contribution in [1.82, 2.24) is 0 Å². The Morgan fingerprint density at radius 2 is 1.46 bits per heavy atom. The van der Waals surface area contributed by atoms with E-state index in [1.807, 2.05) is 37.3 Å². The molecular weight excluding hydrogens is 545 g/mol. The van der Waals surface area contributed by atoms with Crippen molar-refractivity contribution in [2.75, 3.05) is 0 Å². The summed E-state index contributed by atoms with van der Waals surface area (Å²) in [6.45, 7) is 29.8. The van der Waals surface area contributed by atoms with Gasteiger partial charge in [-0.05, 0) is 78.1 Å². The van der Waals surface area contributed by atoms with Crippen molar-refractivity contribution in [3.63, 3.8) is 0 Å². The zero-order valence-corrected chi connectivity index (χ0v) is 29.4. The van der Waals surface area contributed by atoms with E-state index in [-0.39, 0.29) is 23.0 Å². The van der Waals surface area contributed by atoms with Crippen LogP contribution in [0.5, 0.6) is 0 Å². The van der Waals surface area contributed by atoms with Gasteiger partial charge in [0.2, 0.25) is 0 Å². The Hall–Kier alpha value is -2.02. The highest BCUT2D eigenvalue weighted by atomic mass is 32.2.